The predicted molar refractivity (Wildman–Crippen MR) is 136 cm³/mol. The zero-order chi connectivity index (χ0) is 24.8. The number of benzene rings is 1. The normalized spacial score (nSPS) is 25.2. The summed E-state index contributed by atoms with van der Waals surface area (Å²) in [7, 11) is -2.10. The third-order valence-corrected chi connectivity index (χ3v) is 13.2. The Morgan fingerprint density at radius 1 is 1.12 bits per heavy atom. The molecule has 1 aromatic rings. The monoisotopic (exact) mass is 476 g/mol. The van der Waals surface area contributed by atoms with Crippen molar-refractivity contribution in [2.24, 2.45) is 5.92 Å². The standard InChI is InChI=1S/C27H44O5Si/c1-18(2)33(19(3)4,20(5)6)30-17-24(29)27-16-26(31-22(8)28)21(7)25(32-27)15-14-23-12-10-9-11-13-23/h9-15,18-21,24-27,29H,16-17H2,1-8H3/b15-14+/t21-,24+,25-,26+,27+/m0/s1. The van der Waals surface area contributed by atoms with Crippen LogP contribution >= 0.6 is 0 Å². The van der Waals surface area contributed by atoms with Crippen LogP contribution in [0.25, 0.3) is 6.08 Å². The summed E-state index contributed by atoms with van der Waals surface area (Å²) < 4.78 is 18.6. The molecule has 33 heavy (non-hydrogen) atoms. The Morgan fingerprint density at radius 3 is 2.21 bits per heavy atom. The summed E-state index contributed by atoms with van der Waals surface area (Å²) >= 11 is 0. The van der Waals surface area contributed by atoms with Crippen LogP contribution in [0.2, 0.25) is 16.6 Å². The molecular formula is C27H44O5Si. The van der Waals surface area contributed by atoms with Crippen LogP contribution in [0, 0.1) is 5.92 Å². The van der Waals surface area contributed by atoms with Crippen LogP contribution in [0.4, 0.5) is 0 Å². The molecular weight excluding hydrogens is 432 g/mol. The Bertz CT molecular complexity index is 739. The topological polar surface area (TPSA) is 65.0 Å². The number of hydrogen-bond acceptors (Lipinski definition) is 5. The SMILES string of the molecule is CC(=O)O[C@@H]1C[C@H]([C@H](O)CO[Si](C(C)C)(C(C)C)C(C)C)O[C@@H](/C=C/c2ccccc2)[C@@H]1C. The van der Waals surface area contributed by atoms with Crippen molar-refractivity contribution in [2.75, 3.05) is 6.61 Å². The molecule has 0 radical (unpaired) electrons. The molecule has 1 N–H and O–H groups in total. The average Bonchev–Trinajstić information content (AvgIpc) is 2.74. The van der Waals surface area contributed by atoms with Gasteiger partial charge < -0.3 is 19.0 Å². The fraction of sp³-hybridized carbons (Fsp3) is 0.667. The third-order valence-electron chi connectivity index (χ3n) is 7.14. The lowest BCUT2D eigenvalue weighted by atomic mass is 9.88. The number of esters is 1. The number of ether oxygens (including phenoxy) is 2. The van der Waals surface area contributed by atoms with Crippen LogP contribution < -0.4 is 0 Å². The van der Waals surface area contributed by atoms with Gasteiger partial charge in [-0.1, -0.05) is 91.0 Å². The largest absolute Gasteiger partial charge is 0.462 e. The molecule has 0 spiro atoms. The summed E-state index contributed by atoms with van der Waals surface area (Å²) in [6.45, 7) is 17.1. The lowest BCUT2D eigenvalue weighted by Crippen LogP contribution is -2.52. The van der Waals surface area contributed by atoms with Crippen molar-refractivity contribution in [1.29, 1.82) is 0 Å². The van der Waals surface area contributed by atoms with Gasteiger partial charge in [0.15, 0.2) is 8.32 Å². The fourth-order valence-corrected chi connectivity index (χ4v) is 10.9. The van der Waals surface area contributed by atoms with Crippen LogP contribution in [0.5, 0.6) is 0 Å². The van der Waals surface area contributed by atoms with Gasteiger partial charge in [-0.3, -0.25) is 4.79 Å². The molecule has 5 atom stereocenters. The van der Waals surface area contributed by atoms with E-state index in [0.717, 1.165) is 5.56 Å². The Hall–Kier alpha value is -1.47. The van der Waals surface area contributed by atoms with Crippen molar-refractivity contribution in [2.45, 2.75) is 103 Å². The van der Waals surface area contributed by atoms with E-state index in [2.05, 4.69) is 41.5 Å². The zero-order valence-electron chi connectivity index (χ0n) is 21.7. The highest BCUT2D eigenvalue weighted by Gasteiger charge is 2.46. The van der Waals surface area contributed by atoms with E-state index in [4.69, 9.17) is 13.9 Å². The molecule has 0 saturated carbocycles. The predicted octanol–water partition coefficient (Wildman–Crippen LogP) is 5.98. The average molecular weight is 477 g/mol. The maximum Gasteiger partial charge on any atom is 0.302 e. The molecule has 1 saturated heterocycles. The second-order valence-electron chi connectivity index (χ2n) is 10.3. The second-order valence-corrected chi connectivity index (χ2v) is 15.8. The van der Waals surface area contributed by atoms with E-state index in [1.807, 2.05) is 49.4 Å². The van der Waals surface area contributed by atoms with Crippen molar-refractivity contribution in [1.82, 2.24) is 0 Å². The van der Waals surface area contributed by atoms with Crippen molar-refractivity contribution in [3.05, 3.63) is 42.0 Å². The molecule has 0 bridgehead atoms. The van der Waals surface area contributed by atoms with Crippen molar-refractivity contribution in [3.63, 3.8) is 0 Å². The number of rotatable bonds is 10. The van der Waals surface area contributed by atoms with Crippen LogP contribution in [-0.4, -0.2) is 50.4 Å². The summed E-state index contributed by atoms with van der Waals surface area (Å²) in [5.41, 5.74) is 2.39. The molecule has 0 amide bonds. The highest BCUT2D eigenvalue weighted by atomic mass is 28.4. The first-order valence-electron chi connectivity index (χ1n) is 12.4. The van der Waals surface area contributed by atoms with E-state index in [1.54, 1.807) is 0 Å². The zero-order valence-corrected chi connectivity index (χ0v) is 22.7. The number of aliphatic hydroxyl groups excluding tert-OH is 1. The van der Waals surface area contributed by atoms with E-state index >= 15 is 0 Å². The molecule has 1 fully saturated rings. The molecule has 1 aliphatic heterocycles. The molecule has 5 nitrogen and oxygen atoms in total. The van der Waals surface area contributed by atoms with Gasteiger partial charge in [0.2, 0.25) is 0 Å². The molecule has 6 heteroatoms. The van der Waals surface area contributed by atoms with E-state index in [0.29, 0.717) is 23.0 Å². The molecule has 0 unspecified atom stereocenters. The fourth-order valence-electron chi connectivity index (χ4n) is 5.48. The summed E-state index contributed by atoms with van der Waals surface area (Å²) in [6, 6.07) is 10.0. The highest BCUT2D eigenvalue weighted by Crippen LogP contribution is 2.42. The maximum absolute atomic E-state index is 11.7. The van der Waals surface area contributed by atoms with Gasteiger partial charge in [0.1, 0.15) is 12.2 Å². The molecule has 186 valence electrons. The molecule has 1 aromatic carbocycles. The molecule has 2 rings (SSSR count). The quantitative estimate of drug-likeness (QED) is 0.332. The minimum absolute atomic E-state index is 0.0197. The van der Waals surface area contributed by atoms with Crippen LogP contribution in [0.3, 0.4) is 0 Å². The molecule has 0 aromatic heterocycles. The maximum atomic E-state index is 11.7. The number of carbonyl (C=O) groups is 1. The first-order chi connectivity index (χ1) is 15.5. The number of carbonyl (C=O) groups excluding carboxylic acids is 1. The van der Waals surface area contributed by atoms with E-state index < -0.39 is 20.5 Å². The van der Waals surface area contributed by atoms with Crippen molar-refractivity contribution in [3.8, 4) is 0 Å². The molecule has 0 aliphatic carbocycles. The lowest BCUT2D eigenvalue weighted by Gasteiger charge is -2.44. The minimum atomic E-state index is -2.10. The van der Waals surface area contributed by atoms with E-state index in [1.165, 1.54) is 6.92 Å². The Kier molecular flexibility index (Phi) is 10.3. The van der Waals surface area contributed by atoms with E-state index in [-0.39, 0.29) is 30.7 Å². The van der Waals surface area contributed by atoms with Crippen LogP contribution in [0.15, 0.2) is 36.4 Å². The minimum Gasteiger partial charge on any atom is -0.462 e. The van der Waals surface area contributed by atoms with Crippen molar-refractivity contribution < 1.29 is 23.8 Å². The van der Waals surface area contributed by atoms with Gasteiger partial charge in [-0.15, -0.1) is 0 Å². The van der Waals surface area contributed by atoms with Gasteiger partial charge in [0, 0.05) is 19.3 Å². The third kappa shape index (κ3) is 7.01. The van der Waals surface area contributed by atoms with Crippen LogP contribution in [-0.2, 0) is 18.7 Å². The second kappa shape index (κ2) is 12.3. The van der Waals surface area contributed by atoms with Gasteiger partial charge >= 0.3 is 5.97 Å². The number of aliphatic hydroxyl groups is 1. The highest BCUT2D eigenvalue weighted by molar-refractivity contribution is 6.77. The van der Waals surface area contributed by atoms with Gasteiger partial charge in [0.25, 0.3) is 0 Å². The first-order valence-corrected chi connectivity index (χ1v) is 14.5. The van der Waals surface area contributed by atoms with Gasteiger partial charge in [-0.05, 0) is 22.2 Å². The molecule has 1 aliphatic rings. The summed E-state index contributed by atoms with van der Waals surface area (Å²) in [4.78, 5) is 11.7. The van der Waals surface area contributed by atoms with E-state index in [9.17, 15) is 9.90 Å². The van der Waals surface area contributed by atoms with Gasteiger partial charge in [-0.25, -0.2) is 0 Å². The molecule has 1 heterocycles. The summed E-state index contributed by atoms with van der Waals surface area (Å²) in [5, 5.41) is 11.1. The van der Waals surface area contributed by atoms with Gasteiger partial charge in [-0.2, -0.15) is 0 Å². The van der Waals surface area contributed by atoms with Crippen LogP contribution in [0.1, 0.15) is 67.4 Å². The summed E-state index contributed by atoms with van der Waals surface area (Å²) in [5.74, 6) is -0.330. The lowest BCUT2D eigenvalue weighted by molar-refractivity contribution is -0.179. The summed E-state index contributed by atoms with van der Waals surface area (Å²) in [6.07, 6.45) is 2.65. The number of hydrogen-bond donors (Lipinski definition) is 1. The van der Waals surface area contributed by atoms with Gasteiger partial charge in [0.05, 0.1) is 18.8 Å². The Labute approximate surface area is 201 Å². The smallest absolute Gasteiger partial charge is 0.302 e. The Morgan fingerprint density at radius 2 is 1.70 bits per heavy atom. The Balaban J connectivity index is 2.18. The first kappa shape index (κ1) is 27.8. The van der Waals surface area contributed by atoms with Crippen molar-refractivity contribution >= 4 is 20.4 Å².